The van der Waals surface area contributed by atoms with Crippen molar-refractivity contribution in [3.8, 4) is 0 Å². The van der Waals surface area contributed by atoms with Gasteiger partial charge in [-0.2, -0.15) is 0 Å². The van der Waals surface area contributed by atoms with E-state index in [2.05, 4.69) is 46.9 Å². The molecule has 0 aromatic rings. The summed E-state index contributed by atoms with van der Waals surface area (Å²) >= 11 is 0. The maximum absolute atomic E-state index is 12.0. The molecule has 0 heterocycles. The Bertz CT molecular complexity index is 253. The molecular weight excluding hydrogens is 212 g/mol. The third-order valence-corrected chi connectivity index (χ3v) is 2.99. The summed E-state index contributed by atoms with van der Waals surface area (Å²) in [5.41, 5.74) is 5.91. The number of hydrogen-bond acceptors (Lipinski definition) is 2. The Hall–Kier alpha value is -0.570. The van der Waals surface area contributed by atoms with Gasteiger partial charge in [-0.25, -0.2) is 0 Å². The molecule has 0 aromatic carbocycles. The molecule has 0 aliphatic carbocycles. The Balaban J connectivity index is 4.46. The predicted molar refractivity (Wildman–Crippen MR) is 73.7 cm³/mol. The molecule has 0 bridgehead atoms. The second kappa shape index (κ2) is 5.85. The van der Waals surface area contributed by atoms with Crippen molar-refractivity contribution in [1.29, 1.82) is 0 Å². The van der Waals surface area contributed by atoms with Crippen LogP contribution >= 0.6 is 0 Å². The number of hydrogen-bond donors (Lipinski definition) is 2. The topological polar surface area (TPSA) is 55.1 Å². The highest BCUT2D eigenvalue weighted by atomic mass is 16.2. The smallest absolute Gasteiger partial charge is 0.237 e. The van der Waals surface area contributed by atoms with Crippen LogP contribution in [0.15, 0.2) is 0 Å². The van der Waals surface area contributed by atoms with Crippen LogP contribution in [0.3, 0.4) is 0 Å². The number of nitrogens with one attached hydrogen (secondary N) is 1. The number of amides is 1. The lowest BCUT2D eigenvalue weighted by molar-refractivity contribution is -0.125. The predicted octanol–water partition coefficient (Wildman–Crippen LogP) is 2.69. The van der Waals surface area contributed by atoms with Crippen LogP contribution in [0.4, 0.5) is 0 Å². The molecule has 0 radical (unpaired) electrons. The van der Waals surface area contributed by atoms with Crippen LogP contribution in [0.5, 0.6) is 0 Å². The van der Waals surface area contributed by atoms with Crippen molar-refractivity contribution in [3.05, 3.63) is 0 Å². The first-order valence-corrected chi connectivity index (χ1v) is 6.56. The first-order chi connectivity index (χ1) is 7.48. The van der Waals surface area contributed by atoms with E-state index in [0.717, 1.165) is 12.8 Å². The molecule has 0 spiro atoms. The van der Waals surface area contributed by atoms with Crippen molar-refractivity contribution in [1.82, 2.24) is 5.32 Å². The number of carbonyl (C=O) groups is 1. The van der Waals surface area contributed by atoms with Gasteiger partial charge in [0, 0.05) is 5.54 Å². The van der Waals surface area contributed by atoms with E-state index < -0.39 is 6.04 Å². The molecule has 3 nitrogen and oxygen atoms in total. The first kappa shape index (κ1) is 16.4. The van der Waals surface area contributed by atoms with Crippen molar-refractivity contribution < 1.29 is 4.79 Å². The fraction of sp³-hybridized carbons (Fsp3) is 0.929. The average Bonchev–Trinajstić information content (AvgIpc) is 2.10. The molecule has 2 atom stereocenters. The zero-order chi connectivity index (χ0) is 13.9. The van der Waals surface area contributed by atoms with Crippen LogP contribution < -0.4 is 11.1 Å². The molecular formula is C14H30N2O. The molecule has 0 aromatic heterocycles. The zero-order valence-electron chi connectivity index (χ0n) is 12.6. The minimum Gasteiger partial charge on any atom is -0.350 e. The molecule has 0 fully saturated rings. The van der Waals surface area contributed by atoms with Gasteiger partial charge in [-0.3, -0.25) is 4.79 Å². The minimum absolute atomic E-state index is 0.0337. The fourth-order valence-electron chi connectivity index (χ4n) is 2.30. The first-order valence-electron chi connectivity index (χ1n) is 6.56. The third-order valence-electron chi connectivity index (χ3n) is 2.99. The van der Waals surface area contributed by atoms with Crippen LogP contribution in [0.25, 0.3) is 0 Å². The summed E-state index contributed by atoms with van der Waals surface area (Å²) in [6.07, 6.45) is 1.85. The molecule has 0 saturated carbocycles. The van der Waals surface area contributed by atoms with Crippen molar-refractivity contribution >= 4 is 5.91 Å². The summed E-state index contributed by atoms with van der Waals surface area (Å²) in [6.45, 7) is 14.7. The van der Waals surface area contributed by atoms with E-state index in [9.17, 15) is 4.79 Å². The lowest BCUT2D eigenvalue weighted by Crippen LogP contribution is -2.53. The van der Waals surface area contributed by atoms with Crippen LogP contribution in [-0.4, -0.2) is 17.5 Å². The molecule has 3 heteroatoms. The normalized spacial score (nSPS) is 16.5. The Labute approximate surface area is 107 Å². The van der Waals surface area contributed by atoms with E-state index >= 15 is 0 Å². The highest BCUT2D eigenvalue weighted by Gasteiger charge is 2.29. The Morgan fingerprint density at radius 3 is 2.06 bits per heavy atom. The van der Waals surface area contributed by atoms with Gasteiger partial charge in [0.2, 0.25) is 5.91 Å². The summed E-state index contributed by atoms with van der Waals surface area (Å²) in [7, 11) is 0. The molecule has 1 unspecified atom stereocenters. The zero-order valence-corrected chi connectivity index (χ0v) is 12.6. The Morgan fingerprint density at radius 2 is 1.71 bits per heavy atom. The largest absolute Gasteiger partial charge is 0.350 e. The molecule has 0 aliphatic heterocycles. The number of carbonyl (C=O) groups excluding carboxylic acids is 1. The molecule has 0 rings (SSSR count). The van der Waals surface area contributed by atoms with Crippen LogP contribution in [0, 0.1) is 11.3 Å². The third kappa shape index (κ3) is 6.67. The molecule has 102 valence electrons. The van der Waals surface area contributed by atoms with Gasteiger partial charge in [-0.05, 0) is 31.6 Å². The average molecular weight is 242 g/mol. The van der Waals surface area contributed by atoms with E-state index in [1.165, 1.54) is 0 Å². The second-order valence-corrected chi connectivity index (χ2v) is 7.02. The van der Waals surface area contributed by atoms with Gasteiger partial charge in [0.05, 0.1) is 6.04 Å². The highest BCUT2D eigenvalue weighted by Crippen LogP contribution is 2.26. The van der Waals surface area contributed by atoms with E-state index in [1.807, 2.05) is 6.92 Å². The molecule has 0 saturated heterocycles. The minimum atomic E-state index is -0.403. The van der Waals surface area contributed by atoms with Gasteiger partial charge < -0.3 is 11.1 Å². The van der Waals surface area contributed by atoms with Crippen LogP contribution in [0.2, 0.25) is 0 Å². The summed E-state index contributed by atoms with van der Waals surface area (Å²) in [6, 6.07) is -0.403. The van der Waals surface area contributed by atoms with E-state index in [1.54, 1.807) is 0 Å². The second-order valence-electron chi connectivity index (χ2n) is 7.02. The van der Waals surface area contributed by atoms with Gasteiger partial charge in [0.25, 0.3) is 0 Å². The summed E-state index contributed by atoms with van der Waals surface area (Å²) in [5, 5.41) is 3.06. The summed E-state index contributed by atoms with van der Waals surface area (Å²) in [5.74, 6) is 0.189. The van der Waals surface area contributed by atoms with Gasteiger partial charge in [0.15, 0.2) is 0 Å². The quantitative estimate of drug-likeness (QED) is 0.779. The maximum atomic E-state index is 12.0. The van der Waals surface area contributed by atoms with Gasteiger partial charge in [0.1, 0.15) is 0 Å². The van der Waals surface area contributed by atoms with E-state index in [0.29, 0.717) is 0 Å². The van der Waals surface area contributed by atoms with Crippen LogP contribution in [0.1, 0.15) is 61.3 Å². The fourth-order valence-corrected chi connectivity index (χ4v) is 2.30. The summed E-state index contributed by atoms with van der Waals surface area (Å²) < 4.78 is 0. The van der Waals surface area contributed by atoms with Gasteiger partial charge in [-0.1, -0.05) is 41.0 Å². The molecule has 1 amide bonds. The number of nitrogens with two attached hydrogens (primary N) is 1. The lowest BCUT2D eigenvalue weighted by Gasteiger charge is -2.34. The van der Waals surface area contributed by atoms with E-state index in [4.69, 9.17) is 5.73 Å². The standard InChI is InChI=1S/C14H30N2O/c1-8-10(2)11(15)12(17)16-14(6,7)9-13(3,4)5/h10-11H,8-9,15H2,1-7H3,(H,16,17)/t10?,11-/m0/s1. The molecule has 3 N–H and O–H groups in total. The van der Waals surface area contributed by atoms with Gasteiger partial charge in [-0.15, -0.1) is 0 Å². The van der Waals surface area contributed by atoms with Gasteiger partial charge >= 0.3 is 0 Å². The van der Waals surface area contributed by atoms with Crippen molar-refractivity contribution in [2.75, 3.05) is 0 Å². The van der Waals surface area contributed by atoms with Crippen LogP contribution in [-0.2, 0) is 4.79 Å². The highest BCUT2D eigenvalue weighted by molar-refractivity contribution is 5.82. The lowest BCUT2D eigenvalue weighted by atomic mass is 9.81. The summed E-state index contributed by atoms with van der Waals surface area (Å²) in [4.78, 5) is 12.0. The SMILES string of the molecule is CCC(C)[C@H](N)C(=O)NC(C)(C)CC(C)(C)C. The molecule has 17 heavy (non-hydrogen) atoms. The number of rotatable bonds is 5. The van der Waals surface area contributed by atoms with Crippen molar-refractivity contribution in [3.63, 3.8) is 0 Å². The van der Waals surface area contributed by atoms with Crippen molar-refractivity contribution in [2.24, 2.45) is 17.1 Å². The monoisotopic (exact) mass is 242 g/mol. The maximum Gasteiger partial charge on any atom is 0.237 e. The van der Waals surface area contributed by atoms with E-state index in [-0.39, 0.29) is 22.8 Å². The molecule has 0 aliphatic rings. The van der Waals surface area contributed by atoms with Crippen molar-refractivity contribution in [2.45, 2.75) is 72.9 Å². The Morgan fingerprint density at radius 1 is 1.24 bits per heavy atom. The Kier molecular flexibility index (Phi) is 5.66.